The molecule has 3 nitrogen and oxygen atoms in total. The van der Waals surface area contributed by atoms with E-state index < -0.39 is 0 Å². The zero-order chi connectivity index (χ0) is 11.8. The number of fused-ring (bicyclic) bond motifs is 1. The van der Waals surface area contributed by atoms with E-state index in [4.69, 9.17) is 0 Å². The highest BCUT2D eigenvalue weighted by atomic mass is 16.1. The highest BCUT2D eigenvalue weighted by Crippen LogP contribution is 2.21. The van der Waals surface area contributed by atoms with Gasteiger partial charge in [-0.05, 0) is 25.7 Å². The van der Waals surface area contributed by atoms with Crippen molar-refractivity contribution >= 4 is 0 Å². The maximum Gasteiger partial charge on any atom is 0.254 e. The number of rotatable bonds is 0. The second-order valence-electron chi connectivity index (χ2n) is 5.65. The molecule has 1 aromatic heterocycles. The maximum atomic E-state index is 12.0. The number of hydrogen-bond acceptors (Lipinski definition) is 2. The molecule has 1 aromatic rings. The first kappa shape index (κ1) is 11.4. The van der Waals surface area contributed by atoms with Crippen LogP contribution < -0.4 is 5.56 Å². The standard InChI is InChI=1S/C13H20N2O/c1-13(2,3)12-14-10-8-6-4-5-7-9(10)11(16)15-12/h4-8H2,1-3H3,(H,14,15,16). The number of hydrogen-bond donors (Lipinski definition) is 1. The maximum absolute atomic E-state index is 12.0. The van der Waals surface area contributed by atoms with Crippen LogP contribution in [0.25, 0.3) is 0 Å². The van der Waals surface area contributed by atoms with Crippen LogP contribution in [0.3, 0.4) is 0 Å². The number of aryl methyl sites for hydroxylation is 1. The minimum atomic E-state index is -0.0828. The van der Waals surface area contributed by atoms with Crippen LogP contribution in [0, 0.1) is 0 Å². The Labute approximate surface area is 96.3 Å². The van der Waals surface area contributed by atoms with Crippen LogP contribution in [0.15, 0.2) is 4.79 Å². The van der Waals surface area contributed by atoms with E-state index in [9.17, 15) is 4.79 Å². The molecule has 1 heterocycles. The summed E-state index contributed by atoms with van der Waals surface area (Å²) in [5.41, 5.74) is 1.95. The fraction of sp³-hybridized carbons (Fsp3) is 0.692. The highest BCUT2D eigenvalue weighted by Gasteiger charge is 2.21. The Bertz CT molecular complexity index is 440. The third kappa shape index (κ3) is 2.18. The molecule has 0 unspecified atom stereocenters. The summed E-state index contributed by atoms with van der Waals surface area (Å²) in [4.78, 5) is 19.6. The summed E-state index contributed by atoms with van der Waals surface area (Å²) in [6.45, 7) is 6.23. The molecule has 1 aliphatic carbocycles. The van der Waals surface area contributed by atoms with E-state index in [2.05, 4.69) is 30.7 Å². The van der Waals surface area contributed by atoms with E-state index in [-0.39, 0.29) is 11.0 Å². The molecule has 0 aliphatic heterocycles. The van der Waals surface area contributed by atoms with E-state index in [1.807, 2.05) is 0 Å². The molecule has 0 saturated carbocycles. The fourth-order valence-electron chi connectivity index (χ4n) is 2.14. The molecule has 0 saturated heterocycles. The van der Waals surface area contributed by atoms with E-state index >= 15 is 0 Å². The lowest BCUT2D eigenvalue weighted by Crippen LogP contribution is -2.26. The molecular weight excluding hydrogens is 200 g/mol. The molecule has 3 heteroatoms. The van der Waals surface area contributed by atoms with Gasteiger partial charge < -0.3 is 4.98 Å². The van der Waals surface area contributed by atoms with E-state index in [0.29, 0.717) is 0 Å². The fourth-order valence-corrected chi connectivity index (χ4v) is 2.14. The zero-order valence-electron chi connectivity index (χ0n) is 10.4. The summed E-state index contributed by atoms with van der Waals surface area (Å²) in [6, 6.07) is 0. The Kier molecular flexibility index (Phi) is 2.87. The molecule has 1 N–H and O–H groups in total. The Morgan fingerprint density at radius 3 is 2.50 bits per heavy atom. The first-order valence-electron chi connectivity index (χ1n) is 6.11. The van der Waals surface area contributed by atoms with Crippen molar-refractivity contribution in [2.75, 3.05) is 0 Å². The molecule has 0 bridgehead atoms. The quantitative estimate of drug-likeness (QED) is 0.682. The molecule has 0 spiro atoms. The molecule has 88 valence electrons. The van der Waals surface area contributed by atoms with E-state index in [1.54, 1.807) is 0 Å². The molecule has 1 aliphatic rings. The molecule has 0 aromatic carbocycles. The predicted octanol–water partition coefficient (Wildman–Crippen LogP) is 2.34. The Morgan fingerprint density at radius 1 is 1.12 bits per heavy atom. The third-order valence-electron chi connectivity index (χ3n) is 3.15. The monoisotopic (exact) mass is 220 g/mol. The third-order valence-corrected chi connectivity index (χ3v) is 3.15. The molecular formula is C13H20N2O. The largest absolute Gasteiger partial charge is 0.310 e. The van der Waals surface area contributed by atoms with Crippen molar-refractivity contribution in [1.29, 1.82) is 0 Å². The molecule has 0 amide bonds. The van der Waals surface area contributed by atoms with Gasteiger partial charge in [0.05, 0.1) is 5.69 Å². The predicted molar refractivity (Wildman–Crippen MR) is 64.8 cm³/mol. The van der Waals surface area contributed by atoms with Crippen molar-refractivity contribution in [3.8, 4) is 0 Å². The van der Waals surface area contributed by atoms with Gasteiger partial charge in [-0.3, -0.25) is 4.79 Å². The minimum absolute atomic E-state index is 0.0804. The van der Waals surface area contributed by atoms with Crippen molar-refractivity contribution in [2.24, 2.45) is 0 Å². The van der Waals surface area contributed by atoms with Crippen LogP contribution in [-0.4, -0.2) is 9.97 Å². The topological polar surface area (TPSA) is 45.8 Å². The van der Waals surface area contributed by atoms with Crippen LogP contribution in [0.2, 0.25) is 0 Å². The number of aromatic nitrogens is 2. The van der Waals surface area contributed by atoms with Crippen LogP contribution in [0.4, 0.5) is 0 Å². The molecule has 0 radical (unpaired) electrons. The molecule has 0 atom stereocenters. The summed E-state index contributed by atoms with van der Waals surface area (Å²) >= 11 is 0. The summed E-state index contributed by atoms with van der Waals surface area (Å²) < 4.78 is 0. The lowest BCUT2D eigenvalue weighted by Gasteiger charge is -2.18. The first-order chi connectivity index (χ1) is 7.48. The summed E-state index contributed by atoms with van der Waals surface area (Å²) in [6.07, 6.45) is 5.34. The van der Waals surface area contributed by atoms with Crippen molar-refractivity contribution in [3.63, 3.8) is 0 Å². The Morgan fingerprint density at radius 2 is 1.81 bits per heavy atom. The van der Waals surface area contributed by atoms with E-state index in [1.165, 1.54) is 6.42 Å². The van der Waals surface area contributed by atoms with Gasteiger partial charge in [-0.2, -0.15) is 0 Å². The normalized spacial score (nSPS) is 16.7. The number of aromatic amines is 1. The van der Waals surface area contributed by atoms with Crippen LogP contribution in [0.5, 0.6) is 0 Å². The first-order valence-corrected chi connectivity index (χ1v) is 6.11. The van der Waals surface area contributed by atoms with Gasteiger partial charge >= 0.3 is 0 Å². The molecule has 0 fully saturated rings. The van der Waals surface area contributed by atoms with Crippen molar-refractivity contribution in [1.82, 2.24) is 9.97 Å². The van der Waals surface area contributed by atoms with Gasteiger partial charge in [0.2, 0.25) is 0 Å². The van der Waals surface area contributed by atoms with Crippen molar-refractivity contribution < 1.29 is 0 Å². The lowest BCUT2D eigenvalue weighted by atomic mass is 9.95. The van der Waals surface area contributed by atoms with Gasteiger partial charge in [0.25, 0.3) is 5.56 Å². The smallest absolute Gasteiger partial charge is 0.254 e. The number of H-pyrrole nitrogens is 1. The highest BCUT2D eigenvalue weighted by molar-refractivity contribution is 5.21. The SMILES string of the molecule is CC(C)(C)c1nc2c(c(=O)[nH]1)CCCCC2. The van der Waals surface area contributed by atoms with Gasteiger partial charge in [0.1, 0.15) is 5.82 Å². The minimum Gasteiger partial charge on any atom is -0.310 e. The van der Waals surface area contributed by atoms with Gasteiger partial charge in [0.15, 0.2) is 0 Å². The lowest BCUT2D eigenvalue weighted by molar-refractivity contribution is 0.536. The second-order valence-corrected chi connectivity index (χ2v) is 5.65. The van der Waals surface area contributed by atoms with E-state index in [0.717, 1.165) is 42.8 Å². The van der Waals surface area contributed by atoms with Crippen LogP contribution in [0.1, 0.15) is 57.1 Å². The number of nitrogens with one attached hydrogen (secondary N) is 1. The van der Waals surface area contributed by atoms with Crippen LogP contribution >= 0.6 is 0 Å². The Balaban J connectivity index is 2.52. The van der Waals surface area contributed by atoms with Crippen molar-refractivity contribution in [2.45, 2.75) is 58.3 Å². The molecule has 2 rings (SSSR count). The van der Waals surface area contributed by atoms with Crippen LogP contribution in [-0.2, 0) is 18.3 Å². The average molecular weight is 220 g/mol. The number of nitrogens with zero attached hydrogens (tertiary/aromatic N) is 1. The van der Waals surface area contributed by atoms with Gasteiger partial charge in [0, 0.05) is 11.0 Å². The van der Waals surface area contributed by atoms with Gasteiger partial charge in [-0.25, -0.2) is 4.98 Å². The summed E-state index contributed by atoms with van der Waals surface area (Å²) in [7, 11) is 0. The van der Waals surface area contributed by atoms with Gasteiger partial charge in [-0.15, -0.1) is 0 Å². The van der Waals surface area contributed by atoms with Gasteiger partial charge in [-0.1, -0.05) is 27.2 Å². The Hall–Kier alpha value is -1.12. The average Bonchev–Trinajstić information content (AvgIpc) is 2.41. The second kappa shape index (κ2) is 4.04. The summed E-state index contributed by atoms with van der Waals surface area (Å²) in [5, 5.41) is 0. The summed E-state index contributed by atoms with van der Waals surface area (Å²) in [5.74, 6) is 0.818. The molecule has 16 heavy (non-hydrogen) atoms. The zero-order valence-corrected chi connectivity index (χ0v) is 10.4. The van der Waals surface area contributed by atoms with Crippen molar-refractivity contribution in [3.05, 3.63) is 27.4 Å².